The first kappa shape index (κ1) is 14.7. The molecule has 0 aromatic carbocycles. The van der Waals surface area contributed by atoms with Crippen LogP contribution in [-0.4, -0.2) is 28.2 Å². The Hall–Kier alpha value is -1.32. The normalized spacial score (nSPS) is 14.9. The Balaban J connectivity index is 3.29. The van der Waals surface area contributed by atoms with Gasteiger partial charge in [0.2, 0.25) is 0 Å². The Morgan fingerprint density at radius 3 is 2.17 bits per heavy atom. The Bertz CT molecular complexity index is 407. The Morgan fingerprint density at radius 2 is 1.78 bits per heavy atom. The zero-order valence-corrected chi connectivity index (χ0v) is 9.39. The molecule has 0 spiro atoms. The summed E-state index contributed by atoms with van der Waals surface area (Å²) >= 11 is 0. The minimum Gasteiger partial charge on any atom is -0.314 e. The van der Waals surface area contributed by atoms with E-state index in [1.165, 1.54) is 7.05 Å². The van der Waals surface area contributed by atoms with Crippen LogP contribution >= 0.6 is 0 Å². The average molecular weight is 276 g/mol. The zero-order chi connectivity index (χ0) is 14.1. The van der Waals surface area contributed by atoms with Crippen molar-refractivity contribution >= 4 is 0 Å². The van der Waals surface area contributed by atoms with E-state index in [9.17, 15) is 26.3 Å². The highest BCUT2D eigenvalue weighted by atomic mass is 19.4. The Labute approximate surface area is 98.0 Å². The summed E-state index contributed by atoms with van der Waals surface area (Å²) in [5.41, 5.74) is -2.05. The molecule has 0 bridgehead atoms. The van der Waals surface area contributed by atoms with Crippen molar-refractivity contribution in [2.75, 3.05) is 7.05 Å². The van der Waals surface area contributed by atoms with Crippen LogP contribution in [0.4, 0.5) is 26.3 Å². The summed E-state index contributed by atoms with van der Waals surface area (Å²) in [5, 5.41) is 8.48. The molecule has 0 aliphatic carbocycles. The van der Waals surface area contributed by atoms with E-state index in [1.54, 1.807) is 0 Å². The molecule has 1 rings (SSSR count). The third kappa shape index (κ3) is 2.92. The van der Waals surface area contributed by atoms with Crippen LogP contribution in [-0.2, 0) is 12.7 Å². The Kier molecular flexibility index (Phi) is 3.89. The van der Waals surface area contributed by atoms with E-state index in [0.29, 0.717) is 6.92 Å². The largest absolute Gasteiger partial charge is 0.434 e. The van der Waals surface area contributed by atoms with Crippen molar-refractivity contribution in [2.24, 2.45) is 0 Å². The molecular weight excluding hydrogens is 266 g/mol. The number of aromatic nitrogens is 3. The lowest BCUT2D eigenvalue weighted by molar-refractivity contribution is -0.177. The molecule has 0 saturated carbocycles. The molecule has 0 fully saturated rings. The van der Waals surface area contributed by atoms with Gasteiger partial charge in [-0.15, -0.1) is 5.10 Å². The number of halogens is 6. The molecule has 0 radical (unpaired) electrons. The highest BCUT2D eigenvalue weighted by Gasteiger charge is 2.46. The number of nitrogens with one attached hydrogen (secondary N) is 1. The fraction of sp³-hybridized carbons (Fsp3) is 0.750. The standard InChI is InChI=1S/C8H10F6N4/c1-4(7(9,10)11)18-6(8(12,13)14)5(3-15-2)16-17-18/h4,15H,3H2,1-2H3. The van der Waals surface area contributed by atoms with Crippen molar-refractivity contribution in [2.45, 2.75) is 31.9 Å². The van der Waals surface area contributed by atoms with Gasteiger partial charge in [0.25, 0.3) is 0 Å². The first-order chi connectivity index (χ1) is 8.09. The third-order valence-electron chi connectivity index (χ3n) is 2.22. The predicted molar refractivity (Wildman–Crippen MR) is 48.6 cm³/mol. The van der Waals surface area contributed by atoms with Gasteiger partial charge >= 0.3 is 12.4 Å². The molecule has 10 heteroatoms. The van der Waals surface area contributed by atoms with Crippen molar-refractivity contribution in [3.63, 3.8) is 0 Å². The number of hydrogen-bond donors (Lipinski definition) is 1. The molecule has 0 aliphatic heterocycles. The van der Waals surface area contributed by atoms with E-state index in [-0.39, 0.29) is 11.2 Å². The molecular formula is C8H10F6N4. The van der Waals surface area contributed by atoms with Crippen molar-refractivity contribution in [3.8, 4) is 0 Å². The number of nitrogens with zero attached hydrogens (tertiary/aromatic N) is 3. The SMILES string of the molecule is CNCc1nnn(C(C)C(F)(F)F)c1C(F)(F)F. The summed E-state index contributed by atoms with van der Waals surface area (Å²) in [6.45, 7) is 0.270. The van der Waals surface area contributed by atoms with Crippen LogP contribution < -0.4 is 5.32 Å². The van der Waals surface area contributed by atoms with E-state index in [1.807, 2.05) is 0 Å². The number of rotatable bonds is 3. The van der Waals surface area contributed by atoms with E-state index in [0.717, 1.165) is 0 Å². The fourth-order valence-corrected chi connectivity index (χ4v) is 1.32. The van der Waals surface area contributed by atoms with Crippen molar-refractivity contribution in [3.05, 3.63) is 11.4 Å². The molecule has 1 atom stereocenters. The second-order valence-corrected chi connectivity index (χ2v) is 3.57. The summed E-state index contributed by atoms with van der Waals surface area (Å²) in [6.07, 6.45) is -9.78. The van der Waals surface area contributed by atoms with Gasteiger partial charge in [-0.05, 0) is 14.0 Å². The number of alkyl halides is 6. The second kappa shape index (κ2) is 4.75. The van der Waals surface area contributed by atoms with Crippen molar-refractivity contribution in [1.29, 1.82) is 0 Å². The van der Waals surface area contributed by atoms with Crippen LogP contribution in [0, 0.1) is 0 Å². The maximum atomic E-state index is 12.7. The first-order valence-corrected chi connectivity index (χ1v) is 4.81. The zero-order valence-electron chi connectivity index (χ0n) is 9.39. The van der Waals surface area contributed by atoms with Crippen LogP contribution in [0.1, 0.15) is 24.4 Å². The molecule has 1 heterocycles. The lowest BCUT2D eigenvalue weighted by atomic mass is 10.2. The molecule has 4 nitrogen and oxygen atoms in total. The van der Waals surface area contributed by atoms with Gasteiger partial charge in [0.15, 0.2) is 5.69 Å². The van der Waals surface area contributed by atoms with Gasteiger partial charge in [-0.1, -0.05) is 5.21 Å². The molecule has 0 saturated heterocycles. The van der Waals surface area contributed by atoms with Gasteiger partial charge in [-0.25, -0.2) is 4.68 Å². The smallest absolute Gasteiger partial charge is 0.314 e. The van der Waals surface area contributed by atoms with E-state index < -0.39 is 29.8 Å². The van der Waals surface area contributed by atoms with Crippen LogP contribution in [0.2, 0.25) is 0 Å². The Morgan fingerprint density at radius 1 is 1.22 bits per heavy atom. The fourth-order valence-electron chi connectivity index (χ4n) is 1.32. The topological polar surface area (TPSA) is 42.7 Å². The summed E-state index contributed by atoms with van der Waals surface area (Å²) < 4.78 is 75.3. The van der Waals surface area contributed by atoms with E-state index in [4.69, 9.17) is 0 Å². The van der Waals surface area contributed by atoms with E-state index in [2.05, 4.69) is 15.6 Å². The van der Waals surface area contributed by atoms with Gasteiger partial charge in [-0.2, -0.15) is 26.3 Å². The highest BCUT2D eigenvalue weighted by Crippen LogP contribution is 2.37. The maximum absolute atomic E-state index is 12.7. The minimum absolute atomic E-state index is 0.146. The summed E-state index contributed by atoms with van der Waals surface area (Å²) in [7, 11) is 1.35. The molecule has 1 aromatic rings. The summed E-state index contributed by atoms with van der Waals surface area (Å²) in [4.78, 5) is 0. The van der Waals surface area contributed by atoms with Crippen LogP contribution in [0.3, 0.4) is 0 Å². The average Bonchev–Trinajstić information content (AvgIpc) is 2.58. The molecule has 0 aliphatic rings. The number of hydrogen-bond acceptors (Lipinski definition) is 3. The highest BCUT2D eigenvalue weighted by molar-refractivity contribution is 5.15. The van der Waals surface area contributed by atoms with Crippen LogP contribution in [0.5, 0.6) is 0 Å². The van der Waals surface area contributed by atoms with Gasteiger partial charge < -0.3 is 5.32 Å². The molecule has 1 N–H and O–H groups in total. The van der Waals surface area contributed by atoms with Gasteiger partial charge in [0.05, 0.1) is 0 Å². The summed E-state index contributed by atoms with van der Waals surface area (Å²) in [5.74, 6) is 0. The lowest BCUT2D eigenvalue weighted by Gasteiger charge is -2.19. The third-order valence-corrected chi connectivity index (χ3v) is 2.22. The molecule has 104 valence electrons. The molecule has 1 aromatic heterocycles. The molecule has 1 unspecified atom stereocenters. The molecule has 0 amide bonds. The summed E-state index contributed by atoms with van der Waals surface area (Å²) in [6, 6.07) is -2.40. The maximum Gasteiger partial charge on any atom is 0.434 e. The van der Waals surface area contributed by atoms with Gasteiger partial charge in [-0.3, -0.25) is 0 Å². The van der Waals surface area contributed by atoms with Crippen molar-refractivity contribution < 1.29 is 26.3 Å². The quantitative estimate of drug-likeness (QED) is 0.860. The predicted octanol–water partition coefficient (Wildman–Crippen LogP) is 2.14. The lowest BCUT2D eigenvalue weighted by Crippen LogP contribution is -2.29. The van der Waals surface area contributed by atoms with Gasteiger partial charge in [0.1, 0.15) is 11.7 Å². The van der Waals surface area contributed by atoms with E-state index >= 15 is 0 Å². The second-order valence-electron chi connectivity index (χ2n) is 3.57. The van der Waals surface area contributed by atoms with Crippen molar-refractivity contribution in [1.82, 2.24) is 20.3 Å². The minimum atomic E-state index is -4.95. The molecule has 18 heavy (non-hydrogen) atoms. The van der Waals surface area contributed by atoms with Gasteiger partial charge in [0, 0.05) is 6.54 Å². The first-order valence-electron chi connectivity index (χ1n) is 4.81. The van der Waals surface area contributed by atoms with Crippen LogP contribution in [0.25, 0.3) is 0 Å². The van der Waals surface area contributed by atoms with Crippen LogP contribution in [0.15, 0.2) is 0 Å². The monoisotopic (exact) mass is 276 g/mol.